The maximum atomic E-state index is 10.1. The van der Waals surface area contributed by atoms with E-state index in [2.05, 4.69) is 11.1 Å². The first kappa shape index (κ1) is 24.8. The molecular weight excluding hydrogens is 267 g/mol. The molecule has 0 N–H and O–H groups in total. The smallest absolute Gasteiger partial charge is 0.726 e. The Morgan fingerprint density at radius 3 is 1.58 bits per heavy atom. The van der Waals surface area contributed by atoms with Crippen LogP contribution in [0, 0.1) is 6.15 Å². The Bertz CT molecular complexity index is 260. The van der Waals surface area contributed by atoms with E-state index in [1.54, 1.807) is 0 Å². The van der Waals surface area contributed by atoms with Crippen molar-refractivity contribution in [2.24, 2.45) is 0 Å². The Morgan fingerprint density at radius 1 is 0.842 bits per heavy atom. The summed E-state index contributed by atoms with van der Waals surface area (Å²) in [5.41, 5.74) is 0. The number of hydrogen-bond donors (Lipinski definition) is 0. The van der Waals surface area contributed by atoms with Crippen LogP contribution in [-0.2, 0) is 14.6 Å². The minimum atomic E-state index is -4.48. The van der Waals surface area contributed by atoms with E-state index in [1.165, 1.54) is 44.9 Å². The van der Waals surface area contributed by atoms with Gasteiger partial charge in [-0.05, 0) is 6.42 Å². The third-order valence-corrected chi connectivity index (χ3v) is 3.18. The number of hydrogen-bond acceptors (Lipinski definition) is 4. The largest absolute Gasteiger partial charge is 1.00 e. The van der Waals surface area contributed by atoms with Crippen LogP contribution in [0.15, 0.2) is 0 Å². The van der Waals surface area contributed by atoms with Gasteiger partial charge in [0.15, 0.2) is 0 Å². The summed E-state index contributed by atoms with van der Waals surface area (Å²) in [6.45, 7) is 2.24. The van der Waals surface area contributed by atoms with Crippen LogP contribution in [0.25, 0.3) is 0 Å². The topological polar surface area (TPSA) is 66.4 Å². The van der Waals surface area contributed by atoms with Crippen LogP contribution in [-0.4, -0.2) is 19.6 Å². The molecular formula is C12H25HeNaO4S. The van der Waals surface area contributed by atoms with Gasteiger partial charge in [0.1, 0.15) is 0 Å². The molecule has 0 spiro atoms. The van der Waals surface area contributed by atoms with Gasteiger partial charge < -0.3 is 4.55 Å². The zero-order valence-electron chi connectivity index (χ0n) is 12.5. The average Bonchev–Trinajstić information content (AvgIpc) is 2.24. The van der Waals surface area contributed by atoms with Crippen molar-refractivity contribution in [1.29, 1.82) is 0 Å². The van der Waals surface area contributed by atoms with Crippen LogP contribution in [0.2, 0.25) is 0 Å². The van der Waals surface area contributed by atoms with Crippen molar-refractivity contribution in [1.82, 2.24) is 0 Å². The van der Waals surface area contributed by atoms with Crippen LogP contribution in [0.3, 0.4) is 0 Å². The molecule has 0 radical (unpaired) electrons. The molecule has 106 valence electrons. The Hall–Kier alpha value is 0.779. The minimum absolute atomic E-state index is 0. The molecule has 0 aromatic carbocycles. The fraction of sp³-hybridized carbons (Fsp3) is 1.00. The van der Waals surface area contributed by atoms with Gasteiger partial charge >= 0.3 is 29.6 Å². The maximum Gasteiger partial charge on any atom is 1.00 e. The van der Waals surface area contributed by atoms with Gasteiger partial charge in [-0.15, -0.1) is 0 Å². The first-order chi connectivity index (χ1) is 8.06. The van der Waals surface area contributed by atoms with Gasteiger partial charge in [-0.25, -0.2) is 8.42 Å². The quantitative estimate of drug-likeness (QED) is 0.226. The van der Waals surface area contributed by atoms with Gasteiger partial charge in [-0.1, -0.05) is 64.7 Å². The molecule has 0 bridgehead atoms. The van der Waals surface area contributed by atoms with Crippen LogP contribution in [0.5, 0.6) is 0 Å². The van der Waals surface area contributed by atoms with Crippen molar-refractivity contribution in [2.45, 2.75) is 71.1 Å². The first-order valence-corrected chi connectivity index (χ1v) is 8.00. The van der Waals surface area contributed by atoms with Gasteiger partial charge in [0.2, 0.25) is 10.4 Å². The SMILES string of the molecule is CCCCCCCCCCCCOS(=O)(=O)[O-].[He].[Na+]. The fourth-order valence-electron chi connectivity index (χ4n) is 1.75. The first-order valence-electron chi connectivity index (χ1n) is 6.66. The molecule has 0 heterocycles. The van der Waals surface area contributed by atoms with Crippen molar-refractivity contribution in [3.8, 4) is 0 Å². The molecule has 0 atom stereocenters. The molecule has 0 aliphatic heterocycles. The molecule has 0 aromatic heterocycles. The Kier molecular flexibility index (Phi) is 21.9. The van der Waals surface area contributed by atoms with E-state index in [0.29, 0.717) is 6.42 Å². The van der Waals surface area contributed by atoms with E-state index in [4.69, 9.17) is 0 Å². The van der Waals surface area contributed by atoms with Gasteiger partial charge in [0.05, 0.1) is 6.61 Å². The second kappa shape index (κ2) is 16.8. The summed E-state index contributed by atoms with van der Waals surface area (Å²) < 4.78 is 34.5. The Labute approximate surface area is 140 Å². The maximum absolute atomic E-state index is 10.1. The monoisotopic (exact) mass is 292 g/mol. The molecule has 0 rings (SSSR count). The molecule has 7 heteroatoms. The van der Waals surface area contributed by atoms with Crippen molar-refractivity contribution in [3.05, 3.63) is 0 Å². The zero-order valence-corrected chi connectivity index (χ0v) is 15.3. The summed E-state index contributed by atoms with van der Waals surface area (Å²) in [5.74, 6) is 0. The van der Waals surface area contributed by atoms with E-state index >= 15 is 0 Å². The molecule has 0 aliphatic rings. The van der Waals surface area contributed by atoms with E-state index in [1.807, 2.05) is 0 Å². The summed E-state index contributed by atoms with van der Waals surface area (Å²) in [7, 11) is -4.48. The molecule has 0 saturated heterocycles. The van der Waals surface area contributed by atoms with E-state index < -0.39 is 10.4 Å². The van der Waals surface area contributed by atoms with Gasteiger partial charge in [-0.2, -0.15) is 0 Å². The molecule has 0 fully saturated rings. The summed E-state index contributed by atoms with van der Waals surface area (Å²) in [4.78, 5) is 0. The van der Waals surface area contributed by atoms with Crippen molar-refractivity contribution < 1.29 is 52.9 Å². The third-order valence-electron chi connectivity index (χ3n) is 2.73. The van der Waals surface area contributed by atoms with Gasteiger partial charge in [0.25, 0.3) is 0 Å². The zero-order chi connectivity index (χ0) is 13.0. The summed E-state index contributed by atoms with van der Waals surface area (Å²) >= 11 is 0. The second-order valence-electron chi connectivity index (χ2n) is 4.41. The molecule has 0 saturated carbocycles. The second-order valence-corrected chi connectivity index (χ2v) is 5.46. The fourth-order valence-corrected chi connectivity index (χ4v) is 2.07. The van der Waals surface area contributed by atoms with Crippen molar-refractivity contribution in [3.63, 3.8) is 0 Å². The van der Waals surface area contributed by atoms with E-state index in [9.17, 15) is 13.0 Å². The van der Waals surface area contributed by atoms with E-state index in [-0.39, 0.29) is 42.3 Å². The summed E-state index contributed by atoms with van der Waals surface area (Å²) in [6, 6.07) is 0. The molecule has 0 aliphatic carbocycles. The van der Waals surface area contributed by atoms with Crippen molar-refractivity contribution >= 4 is 10.4 Å². The van der Waals surface area contributed by atoms with Crippen LogP contribution in [0.1, 0.15) is 71.1 Å². The molecule has 19 heavy (non-hydrogen) atoms. The summed E-state index contributed by atoms with van der Waals surface area (Å²) in [5, 5.41) is 0. The van der Waals surface area contributed by atoms with Crippen LogP contribution >= 0.6 is 0 Å². The predicted octanol–water partition coefficient (Wildman–Crippen LogP) is 0.388. The summed E-state index contributed by atoms with van der Waals surface area (Å²) in [6.07, 6.45) is 11.7. The Balaban J connectivity index is -0.00000128. The van der Waals surface area contributed by atoms with Gasteiger partial charge in [0, 0.05) is 6.15 Å². The standard InChI is InChI=1S/C12H26O4S.He.Na/c1-2-3-4-5-6-7-8-9-10-11-12-16-17(13,14)15;;/h2-12H2,1H3,(H,13,14,15);;/q;;+1/p-1. The van der Waals surface area contributed by atoms with Crippen molar-refractivity contribution in [2.75, 3.05) is 6.61 Å². The van der Waals surface area contributed by atoms with Crippen LogP contribution < -0.4 is 29.6 Å². The predicted molar refractivity (Wildman–Crippen MR) is 67.5 cm³/mol. The molecule has 0 unspecified atom stereocenters. The third kappa shape index (κ3) is 24.2. The molecule has 4 nitrogen and oxygen atoms in total. The van der Waals surface area contributed by atoms with Crippen LogP contribution in [0.4, 0.5) is 0 Å². The average molecular weight is 292 g/mol. The van der Waals surface area contributed by atoms with E-state index in [0.717, 1.165) is 12.8 Å². The van der Waals surface area contributed by atoms with Gasteiger partial charge in [-0.3, -0.25) is 4.18 Å². The molecule has 0 aromatic rings. The number of rotatable bonds is 12. The normalized spacial score (nSPS) is 10.6. The molecule has 0 amide bonds. The minimum Gasteiger partial charge on any atom is -0.726 e. The Morgan fingerprint density at radius 2 is 1.21 bits per heavy atom. The number of unbranched alkanes of at least 4 members (excludes halogenated alkanes) is 9.